The highest BCUT2D eigenvalue weighted by Gasteiger charge is 2.36. The fourth-order valence-corrected chi connectivity index (χ4v) is 2.95. The predicted molar refractivity (Wildman–Crippen MR) is 104 cm³/mol. The van der Waals surface area contributed by atoms with Crippen molar-refractivity contribution in [3.8, 4) is 0 Å². The van der Waals surface area contributed by atoms with Crippen molar-refractivity contribution < 1.29 is 22.4 Å². The highest BCUT2D eigenvalue weighted by molar-refractivity contribution is 6.36. The molecule has 0 aliphatic heterocycles. The van der Waals surface area contributed by atoms with E-state index in [9.17, 15) is 22.4 Å². The van der Waals surface area contributed by atoms with E-state index >= 15 is 0 Å². The number of pyridine rings is 2. The Bertz CT molecular complexity index is 1090. The van der Waals surface area contributed by atoms with E-state index in [1.807, 2.05) is 0 Å². The van der Waals surface area contributed by atoms with Crippen LogP contribution < -0.4 is 10.6 Å². The standard InChI is InChI=1S/C19H12Cl2F4N4O/c20-11-1-2-15(14(21)6-11)29-17-7-13(19(23,24)25)12(9-27-17)18(30)28-8-10-3-4-26-16(22)5-10/h1-7,9H,8H2,(H,27,29)(H,28,30). The fraction of sp³-hybridized carbons (Fsp3) is 0.105. The number of hydrogen-bond acceptors (Lipinski definition) is 4. The third kappa shape index (κ3) is 5.37. The fourth-order valence-electron chi connectivity index (χ4n) is 2.50. The monoisotopic (exact) mass is 458 g/mol. The van der Waals surface area contributed by atoms with E-state index < -0.39 is 29.2 Å². The number of anilines is 2. The Hall–Kier alpha value is -2.91. The number of benzene rings is 1. The van der Waals surface area contributed by atoms with Gasteiger partial charge in [-0.2, -0.15) is 17.6 Å². The first kappa shape index (κ1) is 21.8. The zero-order valence-corrected chi connectivity index (χ0v) is 16.4. The van der Waals surface area contributed by atoms with Crippen LogP contribution in [-0.2, 0) is 12.7 Å². The van der Waals surface area contributed by atoms with E-state index in [4.69, 9.17) is 23.2 Å². The molecule has 0 unspecified atom stereocenters. The van der Waals surface area contributed by atoms with E-state index in [0.29, 0.717) is 22.3 Å². The third-order valence-corrected chi connectivity index (χ3v) is 4.44. The lowest BCUT2D eigenvalue weighted by Gasteiger charge is -2.15. The van der Waals surface area contributed by atoms with Gasteiger partial charge in [-0.3, -0.25) is 4.79 Å². The predicted octanol–water partition coefficient (Wildman–Crippen LogP) is 5.61. The van der Waals surface area contributed by atoms with Crippen LogP contribution in [0.4, 0.5) is 29.1 Å². The smallest absolute Gasteiger partial charge is 0.348 e. The van der Waals surface area contributed by atoms with Crippen LogP contribution in [0.5, 0.6) is 0 Å². The highest BCUT2D eigenvalue weighted by Crippen LogP contribution is 2.34. The van der Waals surface area contributed by atoms with Crippen LogP contribution in [0.2, 0.25) is 10.0 Å². The molecule has 11 heteroatoms. The van der Waals surface area contributed by atoms with Crippen molar-refractivity contribution in [2.45, 2.75) is 12.7 Å². The van der Waals surface area contributed by atoms with Gasteiger partial charge in [0.1, 0.15) is 5.82 Å². The van der Waals surface area contributed by atoms with Crippen LogP contribution in [0.15, 0.2) is 48.8 Å². The molecule has 3 rings (SSSR count). The maximum absolute atomic E-state index is 13.5. The summed E-state index contributed by atoms with van der Waals surface area (Å²) in [4.78, 5) is 19.5. The van der Waals surface area contributed by atoms with Gasteiger partial charge in [0.25, 0.3) is 5.91 Å². The molecule has 0 bridgehead atoms. The van der Waals surface area contributed by atoms with Gasteiger partial charge in [0.05, 0.1) is 21.8 Å². The largest absolute Gasteiger partial charge is 0.417 e. The molecule has 0 aliphatic rings. The molecule has 0 saturated heterocycles. The Labute approximate surface area is 178 Å². The van der Waals surface area contributed by atoms with E-state index in [2.05, 4.69) is 20.6 Å². The van der Waals surface area contributed by atoms with Crippen LogP contribution in [0, 0.1) is 5.95 Å². The Morgan fingerprint density at radius 1 is 1.07 bits per heavy atom. The van der Waals surface area contributed by atoms with Gasteiger partial charge >= 0.3 is 6.18 Å². The number of carbonyl (C=O) groups excluding carboxylic acids is 1. The maximum atomic E-state index is 13.5. The Morgan fingerprint density at radius 2 is 1.83 bits per heavy atom. The number of nitrogens with zero attached hydrogens (tertiary/aromatic N) is 2. The van der Waals surface area contributed by atoms with E-state index in [0.717, 1.165) is 12.3 Å². The molecule has 0 atom stereocenters. The molecule has 1 aromatic carbocycles. The molecule has 2 aromatic heterocycles. The molecule has 0 aliphatic carbocycles. The highest BCUT2D eigenvalue weighted by atomic mass is 35.5. The van der Waals surface area contributed by atoms with Gasteiger partial charge in [0.15, 0.2) is 0 Å². The first-order valence-corrected chi connectivity index (χ1v) is 9.07. The molecule has 5 nitrogen and oxygen atoms in total. The lowest BCUT2D eigenvalue weighted by atomic mass is 10.1. The number of amides is 1. The number of nitrogens with one attached hydrogen (secondary N) is 2. The zero-order valence-electron chi connectivity index (χ0n) is 14.9. The summed E-state index contributed by atoms with van der Waals surface area (Å²) in [7, 11) is 0. The lowest BCUT2D eigenvalue weighted by molar-refractivity contribution is -0.137. The Balaban J connectivity index is 1.84. The van der Waals surface area contributed by atoms with Crippen LogP contribution in [0.1, 0.15) is 21.5 Å². The van der Waals surface area contributed by atoms with Crippen molar-refractivity contribution in [2.75, 3.05) is 5.32 Å². The Kier molecular flexibility index (Phi) is 6.42. The van der Waals surface area contributed by atoms with Crippen molar-refractivity contribution in [1.82, 2.24) is 15.3 Å². The van der Waals surface area contributed by atoms with E-state index in [1.54, 1.807) is 0 Å². The molecular formula is C19H12Cl2F4N4O. The molecular weight excluding hydrogens is 447 g/mol. The molecule has 1 amide bonds. The number of hydrogen-bond donors (Lipinski definition) is 2. The van der Waals surface area contributed by atoms with Gasteiger partial charge in [0, 0.05) is 24.0 Å². The van der Waals surface area contributed by atoms with Crippen LogP contribution in [0.3, 0.4) is 0 Å². The second kappa shape index (κ2) is 8.85. The van der Waals surface area contributed by atoms with Crippen molar-refractivity contribution in [3.05, 3.63) is 81.5 Å². The van der Waals surface area contributed by atoms with Crippen molar-refractivity contribution in [3.63, 3.8) is 0 Å². The summed E-state index contributed by atoms with van der Waals surface area (Å²) in [6.07, 6.45) is -2.84. The second-order valence-corrected chi connectivity index (χ2v) is 6.88. The molecule has 156 valence electrons. The molecule has 0 saturated carbocycles. The molecule has 2 heterocycles. The molecule has 30 heavy (non-hydrogen) atoms. The first-order chi connectivity index (χ1) is 14.1. The van der Waals surface area contributed by atoms with Crippen LogP contribution >= 0.6 is 23.2 Å². The normalized spacial score (nSPS) is 11.3. The van der Waals surface area contributed by atoms with Crippen molar-refractivity contribution in [2.24, 2.45) is 0 Å². The summed E-state index contributed by atoms with van der Waals surface area (Å²) in [6, 6.07) is 7.59. The summed E-state index contributed by atoms with van der Waals surface area (Å²) >= 11 is 11.8. The number of aromatic nitrogens is 2. The number of carbonyl (C=O) groups is 1. The SMILES string of the molecule is O=C(NCc1ccnc(F)c1)c1cnc(Nc2ccc(Cl)cc2Cl)cc1C(F)(F)F. The summed E-state index contributed by atoms with van der Waals surface area (Å²) < 4.78 is 53.7. The van der Waals surface area contributed by atoms with E-state index in [1.165, 1.54) is 30.5 Å². The number of halogens is 6. The quantitative estimate of drug-likeness (QED) is 0.384. The summed E-state index contributed by atoms with van der Waals surface area (Å²) in [5, 5.41) is 5.51. The van der Waals surface area contributed by atoms with Gasteiger partial charge < -0.3 is 10.6 Å². The average molecular weight is 459 g/mol. The second-order valence-electron chi connectivity index (χ2n) is 6.03. The van der Waals surface area contributed by atoms with Crippen molar-refractivity contribution >= 4 is 40.6 Å². The lowest BCUT2D eigenvalue weighted by Crippen LogP contribution is -2.26. The van der Waals surface area contributed by atoms with Gasteiger partial charge in [-0.15, -0.1) is 0 Å². The van der Waals surface area contributed by atoms with Crippen LogP contribution in [0.25, 0.3) is 0 Å². The molecule has 0 fully saturated rings. The third-order valence-electron chi connectivity index (χ3n) is 3.89. The van der Waals surface area contributed by atoms with Gasteiger partial charge in [-0.25, -0.2) is 9.97 Å². The summed E-state index contributed by atoms with van der Waals surface area (Å²) in [5.41, 5.74) is -1.24. The summed E-state index contributed by atoms with van der Waals surface area (Å²) in [6.45, 7) is -0.185. The topological polar surface area (TPSA) is 66.9 Å². The molecule has 2 N–H and O–H groups in total. The zero-order chi connectivity index (χ0) is 21.9. The van der Waals surface area contributed by atoms with Crippen molar-refractivity contribution in [1.29, 1.82) is 0 Å². The first-order valence-electron chi connectivity index (χ1n) is 8.31. The van der Waals surface area contributed by atoms with Gasteiger partial charge in [0.2, 0.25) is 5.95 Å². The minimum Gasteiger partial charge on any atom is -0.348 e. The van der Waals surface area contributed by atoms with Gasteiger partial charge in [-0.05, 0) is 42.0 Å². The van der Waals surface area contributed by atoms with E-state index in [-0.39, 0.29) is 17.4 Å². The Morgan fingerprint density at radius 3 is 2.50 bits per heavy atom. The van der Waals surface area contributed by atoms with Gasteiger partial charge in [-0.1, -0.05) is 23.2 Å². The number of alkyl halides is 3. The molecule has 0 radical (unpaired) electrons. The summed E-state index contributed by atoms with van der Waals surface area (Å²) in [5.74, 6) is -1.95. The molecule has 0 spiro atoms. The van der Waals surface area contributed by atoms with Crippen LogP contribution in [-0.4, -0.2) is 15.9 Å². The average Bonchev–Trinajstić information content (AvgIpc) is 2.67. The maximum Gasteiger partial charge on any atom is 0.417 e. The minimum atomic E-state index is -4.82. The molecule has 3 aromatic rings. The minimum absolute atomic E-state index is 0.167. The number of rotatable bonds is 5.